The number of hydrogen-bond donors (Lipinski definition) is 1. The van der Waals surface area contributed by atoms with Crippen molar-refractivity contribution in [1.29, 1.82) is 0 Å². The Balaban J connectivity index is 2.08. The van der Waals surface area contributed by atoms with Gasteiger partial charge in [-0.05, 0) is 55.5 Å². The summed E-state index contributed by atoms with van der Waals surface area (Å²) in [6, 6.07) is 24.4. The van der Waals surface area contributed by atoms with E-state index < -0.39 is 13.3 Å². The fourth-order valence-electron chi connectivity index (χ4n) is 2.74. The minimum absolute atomic E-state index is 0.0380. The highest BCUT2D eigenvalue weighted by molar-refractivity contribution is 8.05. The highest BCUT2D eigenvalue weighted by Gasteiger charge is 2.35. The fraction of sp³-hybridized carbons (Fsp3) is 0.0870. The molecule has 31 heavy (non-hydrogen) atoms. The molecule has 0 heterocycles. The van der Waals surface area contributed by atoms with Crippen LogP contribution >= 0.6 is 42.3 Å². The molecule has 1 N–H and O–H groups in total. The van der Waals surface area contributed by atoms with E-state index in [0.717, 1.165) is 16.7 Å². The number of amides is 1. The molecule has 3 aromatic carbocycles. The zero-order chi connectivity index (χ0) is 22.3. The van der Waals surface area contributed by atoms with Crippen LogP contribution in [0.15, 0.2) is 99.6 Å². The normalized spacial score (nSPS) is 13.8. The number of hydrogen-bond acceptors (Lipinski definition) is 4. The molecule has 0 radical (unpaired) electrons. The van der Waals surface area contributed by atoms with Gasteiger partial charge in [-0.3, -0.25) is 9.36 Å². The molecule has 0 saturated carbocycles. The molecule has 3 aromatic rings. The molecular weight excluding hydrogens is 472 g/mol. The maximum atomic E-state index is 14.2. The van der Waals surface area contributed by atoms with Gasteiger partial charge in [-0.25, -0.2) is 0 Å². The van der Waals surface area contributed by atoms with Crippen LogP contribution in [0.5, 0.6) is 0 Å². The Labute approximate surface area is 196 Å². The fourth-order valence-corrected chi connectivity index (χ4v) is 6.58. The van der Waals surface area contributed by atoms with Gasteiger partial charge in [-0.15, -0.1) is 0 Å². The maximum absolute atomic E-state index is 14.2. The standard InChI is InChI=1S/C23H20Cl2NO3PS/c1-2-29-30(28,19-11-7-4-8-12-19)23(26-22(27)17-9-5-3-6-10-17)21(25)31-20-15-13-18(24)14-16-20/h3-16H,2H2,1H3,(H,26,27)/b23-21-. The van der Waals surface area contributed by atoms with Crippen LogP contribution in [-0.4, -0.2) is 12.5 Å². The molecule has 1 atom stereocenters. The Morgan fingerprint density at radius 1 is 0.968 bits per heavy atom. The van der Waals surface area contributed by atoms with Crippen LogP contribution in [0.1, 0.15) is 17.3 Å². The summed E-state index contributed by atoms with van der Waals surface area (Å²) in [4.78, 5) is 13.7. The first-order valence-electron chi connectivity index (χ1n) is 9.44. The Kier molecular flexibility index (Phi) is 8.42. The highest BCUT2D eigenvalue weighted by atomic mass is 35.5. The Morgan fingerprint density at radius 3 is 2.13 bits per heavy atom. The average molecular weight is 492 g/mol. The van der Waals surface area contributed by atoms with Crippen molar-refractivity contribution in [2.75, 3.05) is 6.61 Å². The van der Waals surface area contributed by atoms with Gasteiger partial charge in [-0.2, -0.15) is 0 Å². The van der Waals surface area contributed by atoms with Gasteiger partial charge in [0, 0.05) is 20.8 Å². The monoisotopic (exact) mass is 491 g/mol. The summed E-state index contributed by atoms with van der Waals surface area (Å²) in [5.74, 6) is -0.429. The van der Waals surface area contributed by atoms with Gasteiger partial charge in [0.05, 0.1) is 6.61 Å². The first-order valence-corrected chi connectivity index (χ1v) is 12.6. The average Bonchev–Trinajstić information content (AvgIpc) is 2.80. The first-order chi connectivity index (χ1) is 14.9. The molecule has 0 aliphatic carbocycles. The molecule has 0 aliphatic rings. The zero-order valence-electron chi connectivity index (χ0n) is 16.6. The van der Waals surface area contributed by atoms with Gasteiger partial charge in [-0.1, -0.05) is 71.4 Å². The minimum Gasteiger partial charge on any atom is -0.321 e. The second kappa shape index (κ2) is 11.0. The van der Waals surface area contributed by atoms with E-state index in [9.17, 15) is 9.36 Å². The third kappa shape index (κ3) is 6.03. The van der Waals surface area contributed by atoms with Crippen LogP contribution in [0.4, 0.5) is 0 Å². The molecule has 8 heteroatoms. The molecule has 160 valence electrons. The van der Waals surface area contributed by atoms with Crippen LogP contribution in [0.2, 0.25) is 5.02 Å². The highest BCUT2D eigenvalue weighted by Crippen LogP contribution is 2.56. The number of carbonyl (C=O) groups is 1. The van der Waals surface area contributed by atoms with E-state index in [-0.39, 0.29) is 16.4 Å². The van der Waals surface area contributed by atoms with Crippen molar-refractivity contribution in [1.82, 2.24) is 5.32 Å². The molecule has 4 nitrogen and oxygen atoms in total. The zero-order valence-corrected chi connectivity index (χ0v) is 19.8. The summed E-state index contributed by atoms with van der Waals surface area (Å²) in [6.45, 7) is 1.92. The lowest BCUT2D eigenvalue weighted by Gasteiger charge is -2.23. The summed E-state index contributed by atoms with van der Waals surface area (Å²) in [5.41, 5.74) is 0.452. The van der Waals surface area contributed by atoms with Crippen LogP contribution in [0, 0.1) is 0 Å². The Hall–Kier alpha value is -2.01. The molecule has 3 rings (SSSR count). The van der Waals surface area contributed by atoms with E-state index >= 15 is 0 Å². The second-order valence-corrected chi connectivity index (χ2v) is 10.8. The molecule has 0 spiro atoms. The van der Waals surface area contributed by atoms with E-state index in [2.05, 4.69) is 5.32 Å². The van der Waals surface area contributed by atoms with E-state index in [1.807, 2.05) is 12.1 Å². The minimum atomic E-state index is -3.69. The van der Waals surface area contributed by atoms with E-state index in [4.69, 9.17) is 27.7 Å². The van der Waals surface area contributed by atoms with E-state index in [1.165, 1.54) is 0 Å². The summed E-state index contributed by atoms with van der Waals surface area (Å²) >= 11 is 13.8. The molecule has 1 amide bonds. The summed E-state index contributed by atoms with van der Waals surface area (Å²) in [6.07, 6.45) is 0. The Morgan fingerprint density at radius 2 is 1.55 bits per heavy atom. The molecular formula is C23H20Cl2NO3PS. The maximum Gasteiger partial charge on any atom is 0.279 e. The number of thioether (sulfide) groups is 1. The van der Waals surface area contributed by atoms with Crippen molar-refractivity contribution in [3.05, 3.63) is 105 Å². The predicted octanol–water partition coefficient (Wildman–Crippen LogP) is 6.87. The molecule has 0 fully saturated rings. The topological polar surface area (TPSA) is 55.4 Å². The van der Waals surface area contributed by atoms with Crippen molar-refractivity contribution < 1.29 is 13.9 Å². The van der Waals surface area contributed by atoms with Crippen molar-refractivity contribution in [2.45, 2.75) is 11.8 Å². The number of carbonyl (C=O) groups excluding carboxylic acids is 1. The predicted molar refractivity (Wildman–Crippen MR) is 129 cm³/mol. The number of benzene rings is 3. The van der Waals surface area contributed by atoms with Crippen LogP contribution in [-0.2, 0) is 9.09 Å². The van der Waals surface area contributed by atoms with E-state index in [0.29, 0.717) is 15.9 Å². The lowest BCUT2D eigenvalue weighted by molar-refractivity contribution is 0.0967. The summed E-state index contributed by atoms with van der Waals surface area (Å²) in [5, 5.41) is 3.79. The number of nitrogens with one attached hydrogen (secondary N) is 1. The van der Waals surface area contributed by atoms with Crippen LogP contribution in [0.25, 0.3) is 0 Å². The summed E-state index contributed by atoms with van der Waals surface area (Å²) in [7, 11) is -3.69. The third-order valence-electron chi connectivity index (χ3n) is 4.18. The van der Waals surface area contributed by atoms with E-state index in [1.54, 1.807) is 79.7 Å². The van der Waals surface area contributed by atoms with Crippen molar-refractivity contribution in [2.24, 2.45) is 0 Å². The SMILES string of the molecule is CCOP(=O)(/C(NC(=O)c1ccccc1)=C(/Cl)Sc1ccc(Cl)cc1)c1ccccc1. The van der Waals surface area contributed by atoms with Crippen molar-refractivity contribution in [3.63, 3.8) is 0 Å². The lowest BCUT2D eigenvalue weighted by atomic mass is 10.2. The smallest absolute Gasteiger partial charge is 0.279 e. The number of halogens is 2. The molecule has 0 bridgehead atoms. The van der Waals surface area contributed by atoms with Gasteiger partial charge in [0.2, 0.25) is 0 Å². The van der Waals surface area contributed by atoms with Crippen LogP contribution < -0.4 is 10.6 Å². The molecule has 0 aromatic heterocycles. The van der Waals surface area contributed by atoms with Crippen LogP contribution in [0.3, 0.4) is 0 Å². The molecule has 0 saturated heterocycles. The Bertz CT molecular complexity index is 1110. The van der Waals surface area contributed by atoms with Crippen molar-refractivity contribution >= 4 is 53.5 Å². The second-order valence-electron chi connectivity index (χ2n) is 6.30. The van der Waals surface area contributed by atoms with Gasteiger partial charge < -0.3 is 9.84 Å². The van der Waals surface area contributed by atoms with Gasteiger partial charge in [0.15, 0.2) is 0 Å². The largest absolute Gasteiger partial charge is 0.321 e. The quantitative estimate of drug-likeness (QED) is 0.276. The summed E-state index contributed by atoms with van der Waals surface area (Å²) < 4.78 is 20.1. The van der Waals surface area contributed by atoms with Crippen molar-refractivity contribution in [3.8, 4) is 0 Å². The van der Waals surface area contributed by atoms with Gasteiger partial charge >= 0.3 is 0 Å². The molecule has 0 aliphatic heterocycles. The van der Waals surface area contributed by atoms with Gasteiger partial charge in [0.25, 0.3) is 13.3 Å². The molecule has 1 unspecified atom stereocenters. The lowest BCUT2D eigenvalue weighted by Crippen LogP contribution is -2.26. The third-order valence-corrected chi connectivity index (χ3v) is 8.55. The van der Waals surface area contributed by atoms with Gasteiger partial charge in [0.1, 0.15) is 9.80 Å². The number of rotatable bonds is 8. The first kappa shape index (κ1) is 23.6.